The highest BCUT2D eigenvalue weighted by atomic mass is 16.5. The van der Waals surface area contributed by atoms with Crippen LogP contribution in [0, 0.1) is 0 Å². The summed E-state index contributed by atoms with van der Waals surface area (Å²) in [6.07, 6.45) is 1.03. The molecule has 0 fully saturated rings. The highest BCUT2D eigenvalue weighted by molar-refractivity contribution is 5.28. The topological polar surface area (TPSA) is 27.7 Å². The summed E-state index contributed by atoms with van der Waals surface area (Å²) in [7, 11) is 1.66. The summed E-state index contributed by atoms with van der Waals surface area (Å²) in [5.41, 5.74) is 1.29. The molecular weight excluding hydrogens is 204 g/mol. The molecule has 0 amide bonds. The first kappa shape index (κ1) is 13.0. The number of aryl methyl sites for hydroxylation is 1. The fraction of sp³-hybridized carbons (Fsp3) is 0.538. The van der Waals surface area contributed by atoms with E-state index in [1.54, 1.807) is 7.11 Å². The van der Waals surface area contributed by atoms with E-state index in [9.17, 15) is 0 Å². The van der Waals surface area contributed by atoms with Gasteiger partial charge in [0.05, 0.1) is 19.8 Å². The van der Waals surface area contributed by atoms with Crippen molar-refractivity contribution in [2.75, 3.05) is 33.5 Å². The van der Waals surface area contributed by atoms with Crippen LogP contribution in [0.1, 0.15) is 12.5 Å². The van der Waals surface area contributed by atoms with Crippen molar-refractivity contribution in [3.63, 3.8) is 0 Å². The van der Waals surface area contributed by atoms with E-state index in [2.05, 4.69) is 19.1 Å². The minimum absolute atomic E-state index is 0.580. The van der Waals surface area contributed by atoms with Gasteiger partial charge in [0.1, 0.15) is 12.4 Å². The van der Waals surface area contributed by atoms with Gasteiger partial charge in [0.2, 0.25) is 0 Å². The van der Waals surface area contributed by atoms with Crippen LogP contribution in [-0.4, -0.2) is 33.5 Å². The standard InChI is InChI=1S/C13H20O3/c1-3-12-5-4-6-13(11-12)16-10-9-15-8-7-14-2/h4-6,11H,3,7-10H2,1-2H3. The van der Waals surface area contributed by atoms with Crippen molar-refractivity contribution < 1.29 is 14.2 Å². The zero-order valence-corrected chi connectivity index (χ0v) is 10.1. The first-order chi connectivity index (χ1) is 7.86. The molecule has 1 aromatic carbocycles. The predicted molar refractivity (Wildman–Crippen MR) is 64.0 cm³/mol. The maximum absolute atomic E-state index is 5.56. The monoisotopic (exact) mass is 224 g/mol. The molecule has 0 saturated carbocycles. The lowest BCUT2D eigenvalue weighted by atomic mass is 10.2. The fourth-order valence-electron chi connectivity index (χ4n) is 1.32. The van der Waals surface area contributed by atoms with Gasteiger partial charge in [-0.2, -0.15) is 0 Å². The van der Waals surface area contributed by atoms with Crippen LogP contribution in [0.5, 0.6) is 5.75 Å². The Hall–Kier alpha value is -1.06. The van der Waals surface area contributed by atoms with E-state index >= 15 is 0 Å². The van der Waals surface area contributed by atoms with Crippen LogP contribution in [0.4, 0.5) is 0 Å². The summed E-state index contributed by atoms with van der Waals surface area (Å²) in [5, 5.41) is 0. The normalized spacial score (nSPS) is 10.4. The fourth-order valence-corrected chi connectivity index (χ4v) is 1.32. The Labute approximate surface area is 97.3 Å². The van der Waals surface area contributed by atoms with Gasteiger partial charge in [-0.15, -0.1) is 0 Å². The molecule has 0 aliphatic heterocycles. The summed E-state index contributed by atoms with van der Waals surface area (Å²) < 4.78 is 15.7. The van der Waals surface area contributed by atoms with E-state index in [0.29, 0.717) is 26.4 Å². The molecule has 0 aromatic heterocycles. The molecule has 90 valence electrons. The summed E-state index contributed by atoms with van der Waals surface area (Å²) in [4.78, 5) is 0. The molecule has 0 spiro atoms. The second kappa shape index (κ2) is 8.13. The highest BCUT2D eigenvalue weighted by Crippen LogP contribution is 2.13. The maximum Gasteiger partial charge on any atom is 0.119 e. The van der Waals surface area contributed by atoms with Gasteiger partial charge in [-0.1, -0.05) is 19.1 Å². The SMILES string of the molecule is CCc1cccc(OCCOCCOC)c1. The number of hydrogen-bond donors (Lipinski definition) is 0. The molecule has 0 radical (unpaired) electrons. The number of ether oxygens (including phenoxy) is 3. The van der Waals surface area contributed by atoms with E-state index in [4.69, 9.17) is 14.2 Å². The van der Waals surface area contributed by atoms with Crippen LogP contribution in [0.15, 0.2) is 24.3 Å². The Morgan fingerprint density at radius 2 is 1.88 bits per heavy atom. The number of hydrogen-bond acceptors (Lipinski definition) is 3. The number of benzene rings is 1. The third-order valence-corrected chi connectivity index (χ3v) is 2.23. The lowest BCUT2D eigenvalue weighted by Gasteiger charge is -2.07. The van der Waals surface area contributed by atoms with Crippen LogP contribution in [0.3, 0.4) is 0 Å². The molecule has 0 unspecified atom stereocenters. The van der Waals surface area contributed by atoms with Gasteiger partial charge in [-0.25, -0.2) is 0 Å². The molecule has 3 nitrogen and oxygen atoms in total. The van der Waals surface area contributed by atoms with Gasteiger partial charge in [-0.3, -0.25) is 0 Å². The van der Waals surface area contributed by atoms with E-state index in [0.717, 1.165) is 12.2 Å². The van der Waals surface area contributed by atoms with E-state index in [1.165, 1.54) is 5.56 Å². The van der Waals surface area contributed by atoms with Gasteiger partial charge in [0.25, 0.3) is 0 Å². The lowest BCUT2D eigenvalue weighted by Crippen LogP contribution is -2.10. The Morgan fingerprint density at radius 1 is 1.06 bits per heavy atom. The van der Waals surface area contributed by atoms with Crippen LogP contribution in [0.2, 0.25) is 0 Å². The molecule has 0 heterocycles. The highest BCUT2D eigenvalue weighted by Gasteiger charge is 1.95. The molecular formula is C13H20O3. The van der Waals surface area contributed by atoms with Crippen molar-refractivity contribution in [1.82, 2.24) is 0 Å². The van der Waals surface area contributed by atoms with Crippen LogP contribution in [0.25, 0.3) is 0 Å². The molecule has 0 saturated heterocycles. The van der Waals surface area contributed by atoms with E-state index < -0.39 is 0 Å². The van der Waals surface area contributed by atoms with Crippen molar-refractivity contribution >= 4 is 0 Å². The number of methoxy groups -OCH3 is 1. The quantitative estimate of drug-likeness (QED) is 0.634. The zero-order valence-electron chi connectivity index (χ0n) is 10.1. The summed E-state index contributed by atoms with van der Waals surface area (Å²) >= 11 is 0. The van der Waals surface area contributed by atoms with Crippen LogP contribution in [-0.2, 0) is 15.9 Å². The lowest BCUT2D eigenvalue weighted by molar-refractivity contribution is 0.0544. The Balaban J connectivity index is 2.16. The second-order valence-corrected chi connectivity index (χ2v) is 3.45. The van der Waals surface area contributed by atoms with Crippen LogP contribution >= 0.6 is 0 Å². The summed E-state index contributed by atoms with van der Waals surface area (Å²) in [5.74, 6) is 0.912. The van der Waals surface area contributed by atoms with Crippen LogP contribution < -0.4 is 4.74 Å². The van der Waals surface area contributed by atoms with Gasteiger partial charge in [-0.05, 0) is 24.1 Å². The average Bonchev–Trinajstić information content (AvgIpc) is 2.34. The molecule has 1 aromatic rings. The average molecular weight is 224 g/mol. The molecule has 0 aliphatic carbocycles. The van der Waals surface area contributed by atoms with Crippen molar-refractivity contribution in [1.29, 1.82) is 0 Å². The van der Waals surface area contributed by atoms with E-state index in [1.807, 2.05) is 12.1 Å². The first-order valence-corrected chi connectivity index (χ1v) is 5.65. The largest absolute Gasteiger partial charge is 0.491 e. The second-order valence-electron chi connectivity index (χ2n) is 3.45. The minimum Gasteiger partial charge on any atom is -0.491 e. The van der Waals surface area contributed by atoms with Crippen molar-refractivity contribution in [2.24, 2.45) is 0 Å². The van der Waals surface area contributed by atoms with Gasteiger partial charge in [0, 0.05) is 7.11 Å². The Kier molecular flexibility index (Phi) is 6.61. The third kappa shape index (κ3) is 5.14. The molecule has 0 atom stereocenters. The van der Waals surface area contributed by atoms with Crippen molar-refractivity contribution in [2.45, 2.75) is 13.3 Å². The molecule has 0 aliphatic rings. The van der Waals surface area contributed by atoms with Crippen molar-refractivity contribution in [3.05, 3.63) is 29.8 Å². The van der Waals surface area contributed by atoms with Crippen molar-refractivity contribution in [3.8, 4) is 5.75 Å². The molecule has 1 rings (SSSR count). The molecule has 0 N–H and O–H groups in total. The summed E-state index contributed by atoms with van der Waals surface area (Å²) in [6.45, 7) is 4.56. The Bertz CT molecular complexity index is 286. The van der Waals surface area contributed by atoms with Gasteiger partial charge >= 0.3 is 0 Å². The first-order valence-electron chi connectivity index (χ1n) is 5.65. The minimum atomic E-state index is 0.580. The maximum atomic E-state index is 5.56. The predicted octanol–water partition coefficient (Wildman–Crippen LogP) is 2.29. The summed E-state index contributed by atoms with van der Waals surface area (Å²) in [6, 6.07) is 8.14. The zero-order chi connectivity index (χ0) is 11.6. The molecule has 16 heavy (non-hydrogen) atoms. The molecule has 0 bridgehead atoms. The van der Waals surface area contributed by atoms with E-state index in [-0.39, 0.29) is 0 Å². The van der Waals surface area contributed by atoms with Gasteiger partial charge in [0.15, 0.2) is 0 Å². The van der Waals surface area contributed by atoms with Gasteiger partial charge < -0.3 is 14.2 Å². The smallest absolute Gasteiger partial charge is 0.119 e. The molecule has 3 heteroatoms. The third-order valence-electron chi connectivity index (χ3n) is 2.23. The number of rotatable bonds is 8. The Morgan fingerprint density at radius 3 is 2.62 bits per heavy atom.